The molecular formula is C26H46N3O7PS. The Labute approximate surface area is 233 Å². The van der Waals surface area contributed by atoms with Crippen LogP contribution in [0.4, 0.5) is 0 Å². The van der Waals surface area contributed by atoms with Crippen molar-refractivity contribution in [2.24, 2.45) is 0 Å². The van der Waals surface area contributed by atoms with Gasteiger partial charge in [-0.15, -0.1) is 0 Å². The zero-order chi connectivity index (χ0) is 28.2. The molecule has 0 aliphatic carbocycles. The molecule has 5 atom stereocenters. The van der Waals surface area contributed by atoms with E-state index < -0.39 is 27.0 Å². The Morgan fingerprint density at radius 1 is 1.18 bits per heavy atom. The molecule has 2 heterocycles. The number of thioether (sulfide) groups is 1. The molecule has 1 saturated heterocycles. The summed E-state index contributed by atoms with van der Waals surface area (Å²) in [6.45, 7) is 15.4. The van der Waals surface area contributed by atoms with E-state index in [0.29, 0.717) is 37.7 Å². The Kier molecular flexibility index (Phi) is 14.9. The number of aromatic nitrogens is 2. The van der Waals surface area contributed by atoms with E-state index in [0.717, 1.165) is 12.8 Å². The summed E-state index contributed by atoms with van der Waals surface area (Å²) in [4.78, 5) is 28.2. The minimum atomic E-state index is -1.49. The first kappa shape index (κ1) is 33.3. The van der Waals surface area contributed by atoms with E-state index in [2.05, 4.69) is 44.3 Å². The normalized spacial score (nSPS) is 22.6. The van der Waals surface area contributed by atoms with Gasteiger partial charge < -0.3 is 23.3 Å². The number of carbonyl (C=O) groups is 1. The molecule has 0 aromatic carbocycles. The monoisotopic (exact) mass is 575 g/mol. The number of carbonyl (C=O) groups excluding carboxylic acids is 1. The third kappa shape index (κ3) is 9.63. The van der Waals surface area contributed by atoms with Gasteiger partial charge in [-0.05, 0) is 47.1 Å². The van der Waals surface area contributed by atoms with Gasteiger partial charge in [0, 0.05) is 43.3 Å². The minimum absolute atomic E-state index is 0.168. The first-order valence-corrected chi connectivity index (χ1v) is 15.6. The molecule has 38 heavy (non-hydrogen) atoms. The van der Waals surface area contributed by atoms with Crippen molar-refractivity contribution >= 4 is 25.4 Å². The van der Waals surface area contributed by atoms with Crippen LogP contribution in [0.5, 0.6) is 0 Å². The van der Waals surface area contributed by atoms with Gasteiger partial charge in [0.05, 0.1) is 25.9 Å². The first-order chi connectivity index (χ1) is 18.1. The summed E-state index contributed by atoms with van der Waals surface area (Å²) < 4.78 is 34.7. The molecule has 0 saturated carbocycles. The lowest BCUT2D eigenvalue weighted by Gasteiger charge is -2.38. The highest BCUT2D eigenvalue weighted by atomic mass is 32.2. The molecule has 218 valence electrons. The Bertz CT molecular complexity index is 896. The van der Waals surface area contributed by atoms with Crippen LogP contribution in [0.1, 0.15) is 72.7 Å². The van der Waals surface area contributed by atoms with Crippen LogP contribution >= 0.6 is 20.3 Å². The molecule has 1 aliphatic rings. The number of rotatable bonds is 17. The van der Waals surface area contributed by atoms with Crippen LogP contribution in [0.3, 0.4) is 0 Å². The molecule has 1 aromatic rings. The fraction of sp³-hybridized carbons (Fsp3) is 0.808. The van der Waals surface area contributed by atoms with E-state index in [1.807, 2.05) is 6.92 Å². The predicted molar refractivity (Wildman–Crippen MR) is 151 cm³/mol. The minimum Gasteiger partial charge on any atom is -0.378 e. The molecule has 1 aliphatic heterocycles. The highest BCUT2D eigenvalue weighted by Gasteiger charge is 2.49. The van der Waals surface area contributed by atoms with E-state index in [-0.39, 0.29) is 29.0 Å². The van der Waals surface area contributed by atoms with Gasteiger partial charge in [0.15, 0.2) is 11.3 Å². The highest BCUT2D eigenvalue weighted by molar-refractivity contribution is 8.13. The van der Waals surface area contributed by atoms with Crippen molar-refractivity contribution in [1.82, 2.24) is 14.2 Å². The molecule has 0 bridgehead atoms. The Morgan fingerprint density at radius 3 is 2.47 bits per heavy atom. The average Bonchev–Trinajstić information content (AvgIpc) is 3.19. The number of aryl methyl sites for hydroxylation is 1. The standard InChI is InChI=1S/C26H46N3O7PS/c1-9-11-21-23(24(32-8)25(35-21)28-13-12-20(7)27-26(28)31)36-37(29(18(3)4)19(5)6)34-15-14-33-16-17-38-22(30)10-2/h12-13,18-19,21,23-25H,9-11,14-17H2,1-8H3. The van der Waals surface area contributed by atoms with Crippen LogP contribution in [-0.4, -0.2) is 82.4 Å². The van der Waals surface area contributed by atoms with Crippen molar-refractivity contribution in [3.63, 3.8) is 0 Å². The molecule has 5 unspecified atom stereocenters. The van der Waals surface area contributed by atoms with Gasteiger partial charge in [-0.2, -0.15) is 4.98 Å². The number of ether oxygens (including phenoxy) is 3. The summed E-state index contributed by atoms with van der Waals surface area (Å²) in [6, 6.07) is 2.13. The predicted octanol–water partition coefficient (Wildman–Crippen LogP) is 4.70. The van der Waals surface area contributed by atoms with Gasteiger partial charge in [0.2, 0.25) is 0 Å². The third-order valence-corrected chi connectivity index (χ3v) is 9.15. The molecule has 12 heteroatoms. The van der Waals surface area contributed by atoms with Gasteiger partial charge in [-0.1, -0.05) is 32.0 Å². The molecule has 2 rings (SSSR count). The first-order valence-electron chi connectivity index (χ1n) is 13.5. The summed E-state index contributed by atoms with van der Waals surface area (Å²) in [6.07, 6.45) is 1.97. The van der Waals surface area contributed by atoms with Crippen LogP contribution in [-0.2, 0) is 28.1 Å². The van der Waals surface area contributed by atoms with Crippen molar-refractivity contribution in [3.8, 4) is 0 Å². The Morgan fingerprint density at radius 2 is 1.89 bits per heavy atom. The molecule has 10 nitrogen and oxygen atoms in total. The van der Waals surface area contributed by atoms with E-state index in [1.165, 1.54) is 16.3 Å². The van der Waals surface area contributed by atoms with Crippen LogP contribution in [0.2, 0.25) is 0 Å². The lowest BCUT2D eigenvalue weighted by atomic mass is 10.1. The van der Waals surface area contributed by atoms with E-state index in [4.69, 9.17) is 23.3 Å². The second kappa shape index (κ2) is 17.0. The summed E-state index contributed by atoms with van der Waals surface area (Å²) in [5, 5.41) is 0.168. The lowest BCUT2D eigenvalue weighted by Crippen LogP contribution is -2.40. The molecule has 1 aromatic heterocycles. The molecule has 0 radical (unpaired) electrons. The molecular weight excluding hydrogens is 529 g/mol. The lowest BCUT2D eigenvalue weighted by molar-refractivity contribution is -0.110. The highest BCUT2D eigenvalue weighted by Crippen LogP contribution is 2.50. The van der Waals surface area contributed by atoms with Crippen molar-refractivity contribution in [2.45, 2.75) is 104 Å². The average molecular weight is 576 g/mol. The zero-order valence-electron chi connectivity index (χ0n) is 24.1. The summed E-state index contributed by atoms with van der Waals surface area (Å²) in [5.41, 5.74) is 0.267. The topological polar surface area (TPSA) is 101 Å². The van der Waals surface area contributed by atoms with Gasteiger partial charge in [-0.25, -0.2) is 9.46 Å². The Hall–Kier alpha value is -0.910. The summed E-state index contributed by atoms with van der Waals surface area (Å²) >= 11 is 1.29. The molecule has 0 amide bonds. The van der Waals surface area contributed by atoms with E-state index >= 15 is 0 Å². The second-order valence-electron chi connectivity index (χ2n) is 9.71. The van der Waals surface area contributed by atoms with Crippen LogP contribution in [0.15, 0.2) is 17.1 Å². The van der Waals surface area contributed by atoms with Crippen LogP contribution < -0.4 is 5.69 Å². The van der Waals surface area contributed by atoms with Crippen LogP contribution in [0, 0.1) is 6.92 Å². The molecule has 0 spiro atoms. The SMILES string of the molecule is CCCC1OC(n2ccc(C)nc2=O)C(OC)C1OP(OCCOCCSC(=O)CC)N(C(C)C)C(C)C. The maximum atomic E-state index is 12.7. The fourth-order valence-electron chi connectivity index (χ4n) is 4.34. The van der Waals surface area contributed by atoms with Crippen molar-refractivity contribution in [3.05, 3.63) is 28.4 Å². The smallest absolute Gasteiger partial charge is 0.349 e. The maximum absolute atomic E-state index is 12.7. The fourth-order valence-corrected chi connectivity index (χ4v) is 6.73. The third-order valence-electron chi connectivity index (χ3n) is 6.04. The van der Waals surface area contributed by atoms with Gasteiger partial charge in [0.25, 0.3) is 8.53 Å². The van der Waals surface area contributed by atoms with Crippen LogP contribution in [0.25, 0.3) is 0 Å². The Balaban J connectivity index is 2.18. The zero-order valence-corrected chi connectivity index (χ0v) is 25.8. The summed E-state index contributed by atoms with van der Waals surface area (Å²) in [7, 11) is 0.120. The largest absolute Gasteiger partial charge is 0.378 e. The summed E-state index contributed by atoms with van der Waals surface area (Å²) in [5.74, 6) is 0.629. The second-order valence-corrected chi connectivity index (χ2v) is 12.3. The number of nitrogens with zero attached hydrogens (tertiary/aromatic N) is 3. The van der Waals surface area contributed by atoms with E-state index in [1.54, 1.807) is 26.3 Å². The number of hydrogen-bond acceptors (Lipinski definition) is 10. The van der Waals surface area contributed by atoms with Gasteiger partial charge in [0.1, 0.15) is 12.2 Å². The number of hydrogen-bond donors (Lipinski definition) is 0. The number of methoxy groups -OCH3 is 1. The van der Waals surface area contributed by atoms with E-state index in [9.17, 15) is 9.59 Å². The van der Waals surface area contributed by atoms with Crippen molar-refractivity contribution < 1.29 is 28.1 Å². The molecule has 1 fully saturated rings. The quantitative estimate of drug-likeness (QED) is 0.192. The maximum Gasteiger partial charge on any atom is 0.349 e. The molecule has 0 N–H and O–H groups in total. The van der Waals surface area contributed by atoms with Gasteiger partial charge >= 0.3 is 5.69 Å². The van der Waals surface area contributed by atoms with Crippen molar-refractivity contribution in [2.75, 3.05) is 32.7 Å². The van der Waals surface area contributed by atoms with Gasteiger partial charge in [-0.3, -0.25) is 9.36 Å². The van der Waals surface area contributed by atoms with Crippen molar-refractivity contribution in [1.29, 1.82) is 0 Å².